The molecule has 8 nitrogen and oxygen atoms in total. The molecule has 0 fully saturated rings. The van der Waals surface area contributed by atoms with E-state index in [9.17, 15) is 16.8 Å². The lowest BCUT2D eigenvalue weighted by Crippen LogP contribution is -2.02. The predicted molar refractivity (Wildman–Crippen MR) is 226 cm³/mol. The maximum Gasteiger partial charge on any atom is 0.206 e. The standard InChI is InChI=1S/C45H34Br2O8S2/c1-29-20-32(46)26-38(22-29)52-34-4-12-42(13-5-34)56(48,49)44-16-8-36(9-17-44)54-40-24-31(3)25-41(28-40)55-37-10-18-45(19-11-37)57(50,51)43-14-6-35(7-15-43)53-39-23-30(2)21-33(47)27-39/h4-28H,1-3H3. The van der Waals surface area contributed by atoms with Crippen molar-refractivity contribution in [2.75, 3.05) is 0 Å². The summed E-state index contributed by atoms with van der Waals surface area (Å²) in [6.07, 6.45) is 0. The molecule has 0 saturated carbocycles. The Morgan fingerprint density at radius 2 is 0.544 bits per heavy atom. The summed E-state index contributed by atoms with van der Waals surface area (Å²) in [4.78, 5) is 0.490. The van der Waals surface area contributed by atoms with Crippen molar-refractivity contribution in [2.45, 2.75) is 40.4 Å². The second-order valence-corrected chi connectivity index (χ2v) is 18.9. The highest BCUT2D eigenvalue weighted by atomic mass is 79.9. The normalized spacial score (nSPS) is 11.5. The molecular formula is C45H34Br2O8S2. The van der Waals surface area contributed by atoms with Gasteiger partial charge in [0.15, 0.2) is 0 Å². The van der Waals surface area contributed by atoms with Gasteiger partial charge in [-0.25, -0.2) is 16.8 Å². The van der Waals surface area contributed by atoms with E-state index in [1.54, 1.807) is 54.6 Å². The van der Waals surface area contributed by atoms with Gasteiger partial charge in [0.25, 0.3) is 0 Å². The highest BCUT2D eigenvalue weighted by Crippen LogP contribution is 2.34. The van der Waals surface area contributed by atoms with Crippen molar-refractivity contribution in [3.63, 3.8) is 0 Å². The molecule has 0 aliphatic heterocycles. The fourth-order valence-corrected chi connectivity index (χ4v) is 9.61. The van der Waals surface area contributed by atoms with Crippen LogP contribution in [0.1, 0.15) is 16.7 Å². The lowest BCUT2D eigenvalue weighted by molar-refractivity contribution is 0.459. The minimum Gasteiger partial charge on any atom is -0.457 e. The molecule has 7 rings (SSSR count). The first-order valence-electron chi connectivity index (χ1n) is 17.5. The van der Waals surface area contributed by atoms with Crippen molar-refractivity contribution >= 4 is 51.5 Å². The molecule has 7 aromatic carbocycles. The molecule has 0 aliphatic carbocycles. The summed E-state index contributed by atoms with van der Waals surface area (Å²) in [5.41, 5.74) is 2.91. The summed E-state index contributed by atoms with van der Waals surface area (Å²) in [6.45, 7) is 5.81. The average molecular weight is 927 g/mol. The molecule has 0 saturated heterocycles. The fraction of sp³-hybridized carbons (Fsp3) is 0.0667. The molecule has 0 aromatic heterocycles. The molecule has 0 bridgehead atoms. The summed E-state index contributed by atoms with van der Waals surface area (Å²) in [5, 5.41) is 0. The Hall–Kier alpha value is -5.40. The molecule has 57 heavy (non-hydrogen) atoms. The quantitative estimate of drug-likeness (QED) is 0.119. The zero-order chi connectivity index (χ0) is 40.3. The third-order valence-electron chi connectivity index (χ3n) is 8.53. The minimum absolute atomic E-state index is 0.113. The third-order valence-corrected chi connectivity index (χ3v) is 13.0. The zero-order valence-corrected chi connectivity index (χ0v) is 35.6. The largest absolute Gasteiger partial charge is 0.457 e. The number of hydrogen-bond donors (Lipinski definition) is 0. The summed E-state index contributed by atoms with van der Waals surface area (Å²) in [6, 6.07) is 41.6. The van der Waals surface area contributed by atoms with Crippen LogP contribution < -0.4 is 18.9 Å². The van der Waals surface area contributed by atoms with Crippen molar-refractivity contribution in [1.82, 2.24) is 0 Å². The maximum absolute atomic E-state index is 13.4. The van der Waals surface area contributed by atoms with Crippen LogP contribution in [0.5, 0.6) is 46.0 Å². The van der Waals surface area contributed by atoms with Gasteiger partial charge in [-0.1, -0.05) is 31.9 Å². The van der Waals surface area contributed by atoms with Gasteiger partial charge in [-0.2, -0.15) is 0 Å². The summed E-state index contributed by atoms with van der Waals surface area (Å²) >= 11 is 6.92. The monoisotopic (exact) mass is 924 g/mol. The topological polar surface area (TPSA) is 105 Å². The van der Waals surface area contributed by atoms with Gasteiger partial charge >= 0.3 is 0 Å². The summed E-state index contributed by atoms with van der Waals surface area (Å²) in [5.74, 6) is 4.10. The van der Waals surface area contributed by atoms with Crippen molar-refractivity contribution in [1.29, 1.82) is 0 Å². The highest BCUT2D eigenvalue weighted by Gasteiger charge is 2.20. The van der Waals surface area contributed by atoms with Crippen LogP contribution >= 0.6 is 31.9 Å². The Kier molecular flexibility index (Phi) is 11.6. The Morgan fingerprint density at radius 3 is 0.789 bits per heavy atom. The lowest BCUT2D eigenvalue weighted by atomic mass is 10.2. The second-order valence-electron chi connectivity index (χ2n) is 13.2. The van der Waals surface area contributed by atoms with Gasteiger partial charge in [0, 0.05) is 15.0 Å². The molecular weight excluding hydrogens is 892 g/mol. The molecule has 0 atom stereocenters. The van der Waals surface area contributed by atoms with E-state index in [1.165, 1.54) is 48.5 Å². The van der Waals surface area contributed by atoms with Crippen molar-refractivity contribution in [2.24, 2.45) is 0 Å². The molecule has 7 aromatic rings. The molecule has 0 heterocycles. The molecule has 0 N–H and O–H groups in total. The fourth-order valence-electron chi connectivity index (χ4n) is 5.92. The highest BCUT2D eigenvalue weighted by molar-refractivity contribution is 9.10. The minimum atomic E-state index is -3.81. The first kappa shape index (κ1) is 39.8. The van der Waals surface area contributed by atoms with Crippen molar-refractivity contribution in [3.8, 4) is 46.0 Å². The van der Waals surface area contributed by atoms with Gasteiger partial charge in [-0.15, -0.1) is 0 Å². The van der Waals surface area contributed by atoms with Crippen LogP contribution in [0.3, 0.4) is 0 Å². The molecule has 288 valence electrons. The zero-order valence-electron chi connectivity index (χ0n) is 30.8. The molecule has 0 spiro atoms. The Morgan fingerprint density at radius 1 is 0.316 bits per heavy atom. The van der Waals surface area contributed by atoms with E-state index in [0.717, 1.165) is 25.6 Å². The van der Waals surface area contributed by atoms with Crippen molar-refractivity contribution in [3.05, 3.63) is 177 Å². The van der Waals surface area contributed by atoms with E-state index >= 15 is 0 Å². The maximum atomic E-state index is 13.4. The van der Waals surface area contributed by atoms with Gasteiger partial charge in [0.05, 0.1) is 19.6 Å². The first-order chi connectivity index (χ1) is 27.2. The van der Waals surface area contributed by atoms with Crippen LogP contribution in [0, 0.1) is 20.8 Å². The van der Waals surface area contributed by atoms with E-state index in [1.807, 2.05) is 69.3 Å². The van der Waals surface area contributed by atoms with Crippen molar-refractivity contribution < 1.29 is 35.8 Å². The van der Waals surface area contributed by atoms with E-state index in [0.29, 0.717) is 46.0 Å². The van der Waals surface area contributed by atoms with Gasteiger partial charge in [-0.05, 0) is 183 Å². The smallest absolute Gasteiger partial charge is 0.206 e. The van der Waals surface area contributed by atoms with E-state index in [4.69, 9.17) is 18.9 Å². The average Bonchev–Trinajstić information content (AvgIpc) is 3.15. The van der Waals surface area contributed by atoms with Gasteiger partial charge < -0.3 is 18.9 Å². The number of halogens is 2. The number of aryl methyl sites for hydroxylation is 3. The number of hydrogen-bond acceptors (Lipinski definition) is 8. The third kappa shape index (κ3) is 9.77. The number of benzene rings is 7. The Balaban J connectivity index is 0.983. The second kappa shape index (κ2) is 16.6. The van der Waals surface area contributed by atoms with Crippen LogP contribution in [0.25, 0.3) is 0 Å². The molecule has 12 heteroatoms. The van der Waals surface area contributed by atoms with Crippen LogP contribution in [-0.4, -0.2) is 16.8 Å². The Labute approximate surface area is 348 Å². The number of ether oxygens (including phenoxy) is 4. The van der Waals surface area contributed by atoms with Gasteiger partial charge in [-0.3, -0.25) is 0 Å². The van der Waals surface area contributed by atoms with Gasteiger partial charge in [0.2, 0.25) is 19.7 Å². The van der Waals surface area contributed by atoms with Crippen LogP contribution in [0.2, 0.25) is 0 Å². The summed E-state index contributed by atoms with van der Waals surface area (Å²) in [7, 11) is -7.61. The molecule has 0 unspecified atom stereocenters. The molecule has 0 aliphatic rings. The van der Waals surface area contributed by atoms with E-state index < -0.39 is 19.7 Å². The SMILES string of the molecule is Cc1cc(Br)cc(Oc2ccc(S(=O)(=O)c3ccc(Oc4cc(C)cc(Oc5ccc(S(=O)(=O)c6ccc(Oc7cc(C)cc(Br)c7)cc6)cc5)c4)cc3)cc2)c1. The van der Waals surface area contributed by atoms with Crippen LogP contribution in [-0.2, 0) is 19.7 Å². The first-order valence-corrected chi connectivity index (χ1v) is 22.0. The molecule has 0 radical (unpaired) electrons. The van der Waals surface area contributed by atoms with Gasteiger partial charge in [0.1, 0.15) is 46.0 Å². The van der Waals surface area contributed by atoms with Crippen LogP contribution in [0.4, 0.5) is 0 Å². The molecule has 0 amide bonds. The number of sulfone groups is 2. The number of rotatable bonds is 12. The van der Waals surface area contributed by atoms with Crippen LogP contribution in [0.15, 0.2) is 180 Å². The lowest BCUT2D eigenvalue weighted by Gasteiger charge is -2.12. The Bertz CT molecular complexity index is 2560. The van der Waals surface area contributed by atoms with E-state index in [2.05, 4.69) is 31.9 Å². The summed E-state index contributed by atoms with van der Waals surface area (Å²) < 4.78 is 79.4. The predicted octanol–water partition coefficient (Wildman–Crippen LogP) is 13.0. The van der Waals surface area contributed by atoms with E-state index in [-0.39, 0.29) is 19.6 Å².